The molecule has 1 aliphatic rings. The molecule has 0 atom stereocenters. The lowest BCUT2D eigenvalue weighted by molar-refractivity contribution is -0.137. The Hall–Kier alpha value is -2.67. The molecule has 0 unspecified atom stereocenters. The molecule has 0 radical (unpaired) electrons. The van der Waals surface area contributed by atoms with E-state index in [9.17, 15) is 18.0 Å². The molecule has 0 amide bonds. The summed E-state index contributed by atoms with van der Waals surface area (Å²) in [7, 11) is 0. The molecule has 1 aliphatic heterocycles. The van der Waals surface area contributed by atoms with Gasteiger partial charge in [-0.15, -0.1) is 0 Å². The summed E-state index contributed by atoms with van der Waals surface area (Å²) in [6.45, 7) is 1.42. The molecule has 132 valence electrons. The van der Waals surface area contributed by atoms with Crippen LogP contribution in [-0.4, -0.2) is 10.8 Å². The van der Waals surface area contributed by atoms with E-state index in [2.05, 4.69) is 22.0 Å². The quantitative estimate of drug-likeness (QED) is 0.611. The molecule has 0 saturated carbocycles. The van der Waals surface area contributed by atoms with Crippen molar-refractivity contribution in [1.82, 2.24) is 4.98 Å². The van der Waals surface area contributed by atoms with Gasteiger partial charge in [0.15, 0.2) is 5.13 Å². The average molecular weight is 374 g/mol. The highest BCUT2D eigenvalue weighted by Gasteiger charge is 2.31. The van der Waals surface area contributed by atoms with Gasteiger partial charge in [0.1, 0.15) is 0 Å². The van der Waals surface area contributed by atoms with E-state index in [0.29, 0.717) is 23.1 Å². The number of ketones is 1. The molecule has 3 aromatic rings. The molecule has 2 heterocycles. The third-order valence-electron chi connectivity index (χ3n) is 4.28. The summed E-state index contributed by atoms with van der Waals surface area (Å²) in [5.74, 6) is -0.448. The number of alkyl halides is 3. The SMILES string of the molecule is O=C(c1cccc(C(F)(F)F)c1)c1cnc(N2Cc3ccccc3C2)s1. The van der Waals surface area contributed by atoms with Gasteiger partial charge in [-0.1, -0.05) is 47.7 Å². The second-order valence-corrected chi connectivity index (χ2v) is 7.05. The number of rotatable bonds is 3. The second kappa shape index (κ2) is 6.25. The Morgan fingerprint density at radius 1 is 1.04 bits per heavy atom. The largest absolute Gasteiger partial charge is 0.416 e. The molecular formula is C19H13F3N2OS. The van der Waals surface area contributed by atoms with E-state index in [1.54, 1.807) is 0 Å². The van der Waals surface area contributed by atoms with Crippen molar-refractivity contribution >= 4 is 22.3 Å². The first-order valence-electron chi connectivity index (χ1n) is 7.91. The van der Waals surface area contributed by atoms with Crippen LogP contribution in [0.5, 0.6) is 0 Å². The number of thiazole rings is 1. The van der Waals surface area contributed by atoms with Crippen molar-refractivity contribution in [2.45, 2.75) is 19.3 Å². The van der Waals surface area contributed by atoms with Crippen LogP contribution in [0.1, 0.15) is 31.9 Å². The predicted molar refractivity (Wildman–Crippen MR) is 93.3 cm³/mol. The molecule has 2 aromatic carbocycles. The van der Waals surface area contributed by atoms with Gasteiger partial charge in [0.05, 0.1) is 16.6 Å². The van der Waals surface area contributed by atoms with E-state index in [4.69, 9.17) is 0 Å². The average Bonchev–Trinajstić information content (AvgIpc) is 3.27. The maximum absolute atomic E-state index is 12.8. The standard InChI is InChI=1S/C19H13F3N2OS/c20-19(21,22)15-7-3-6-12(8-15)17(25)16-9-23-18(26-16)24-10-13-4-1-2-5-14(13)11-24/h1-9H,10-11H2. The van der Waals surface area contributed by atoms with Gasteiger partial charge in [-0.3, -0.25) is 4.79 Å². The van der Waals surface area contributed by atoms with Gasteiger partial charge >= 0.3 is 6.18 Å². The summed E-state index contributed by atoms with van der Waals surface area (Å²) >= 11 is 1.20. The third-order valence-corrected chi connectivity index (χ3v) is 5.34. The predicted octanol–water partition coefficient (Wildman–Crippen LogP) is 4.91. The molecule has 0 saturated heterocycles. The van der Waals surface area contributed by atoms with Gasteiger partial charge < -0.3 is 4.90 Å². The van der Waals surface area contributed by atoms with Crippen LogP contribution in [0.2, 0.25) is 0 Å². The van der Waals surface area contributed by atoms with Crippen molar-refractivity contribution in [3.05, 3.63) is 81.9 Å². The van der Waals surface area contributed by atoms with Crippen LogP contribution in [0.15, 0.2) is 54.7 Å². The number of nitrogens with zero attached hydrogens (tertiary/aromatic N) is 2. The number of halogens is 3. The van der Waals surface area contributed by atoms with Gasteiger partial charge in [0, 0.05) is 18.7 Å². The summed E-state index contributed by atoms with van der Waals surface area (Å²) in [4.78, 5) is 19.2. The number of hydrogen-bond acceptors (Lipinski definition) is 4. The molecule has 3 nitrogen and oxygen atoms in total. The van der Waals surface area contributed by atoms with E-state index >= 15 is 0 Å². The van der Waals surface area contributed by atoms with Crippen LogP contribution in [0.3, 0.4) is 0 Å². The molecule has 0 N–H and O–H groups in total. The minimum Gasteiger partial charge on any atom is -0.339 e. The van der Waals surface area contributed by atoms with Crippen molar-refractivity contribution in [2.75, 3.05) is 4.90 Å². The zero-order valence-corrected chi connectivity index (χ0v) is 14.3. The van der Waals surface area contributed by atoms with Crippen molar-refractivity contribution < 1.29 is 18.0 Å². The number of anilines is 1. The third kappa shape index (κ3) is 3.10. The first kappa shape index (κ1) is 16.8. The van der Waals surface area contributed by atoms with Crippen LogP contribution >= 0.6 is 11.3 Å². The monoisotopic (exact) mass is 374 g/mol. The van der Waals surface area contributed by atoms with Gasteiger partial charge in [-0.05, 0) is 23.3 Å². The highest BCUT2D eigenvalue weighted by molar-refractivity contribution is 7.17. The van der Waals surface area contributed by atoms with Gasteiger partial charge in [0.25, 0.3) is 0 Å². The molecule has 0 bridgehead atoms. The van der Waals surface area contributed by atoms with Crippen molar-refractivity contribution in [2.24, 2.45) is 0 Å². The summed E-state index contributed by atoms with van der Waals surface area (Å²) in [6.07, 6.45) is -3.04. The Morgan fingerprint density at radius 3 is 2.38 bits per heavy atom. The van der Waals surface area contributed by atoms with Gasteiger partial charge in [-0.25, -0.2) is 4.98 Å². The minimum atomic E-state index is -4.48. The Kier molecular flexibility index (Phi) is 4.03. The van der Waals surface area contributed by atoms with E-state index in [1.807, 2.05) is 12.1 Å². The number of benzene rings is 2. The molecule has 0 fully saturated rings. The molecule has 26 heavy (non-hydrogen) atoms. The first-order chi connectivity index (χ1) is 12.4. The van der Waals surface area contributed by atoms with Crippen molar-refractivity contribution in [3.63, 3.8) is 0 Å². The highest BCUT2D eigenvalue weighted by atomic mass is 32.1. The molecule has 1 aromatic heterocycles. The van der Waals surface area contributed by atoms with Gasteiger partial charge in [0.2, 0.25) is 5.78 Å². The van der Waals surface area contributed by atoms with Crippen LogP contribution in [0.4, 0.5) is 18.3 Å². The topological polar surface area (TPSA) is 33.2 Å². The minimum absolute atomic E-state index is 0.0136. The number of carbonyl (C=O) groups excluding carboxylic acids is 1. The molecule has 4 rings (SSSR count). The lowest BCUT2D eigenvalue weighted by atomic mass is 10.1. The second-order valence-electron chi connectivity index (χ2n) is 6.04. The van der Waals surface area contributed by atoms with Crippen LogP contribution in [0.25, 0.3) is 0 Å². The lowest BCUT2D eigenvalue weighted by Gasteiger charge is -2.12. The zero-order chi connectivity index (χ0) is 18.3. The zero-order valence-electron chi connectivity index (χ0n) is 13.5. The Labute approximate surface area is 151 Å². The smallest absolute Gasteiger partial charge is 0.339 e. The van der Waals surface area contributed by atoms with Crippen LogP contribution in [-0.2, 0) is 19.3 Å². The van der Waals surface area contributed by atoms with E-state index in [0.717, 1.165) is 12.1 Å². The summed E-state index contributed by atoms with van der Waals surface area (Å²) in [5.41, 5.74) is 1.62. The fourth-order valence-corrected chi connectivity index (χ4v) is 3.84. The van der Waals surface area contributed by atoms with E-state index in [-0.39, 0.29) is 5.56 Å². The van der Waals surface area contributed by atoms with Gasteiger partial charge in [-0.2, -0.15) is 13.2 Å². The molecule has 0 spiro atoms. The summed E-state index contributed by atoms with van der Waals surface area (Å²) in [5, 5.41) is 0.691. The Bertz CT molecular complexity index is 956. The Morgan fingerprint density at radius 2 is 1.73 bits per heavy atom. The fraction of sp³-hybridized carbons (Fsp3) is 0.158. The van der Waals surface area contributed by atoms with E-state index in [1.165, 1.54) is 40.8 Å². The van der Waals surface area contributed by atoms with Crippen LogP contribution < -0.4 is 4.90 Å². The summed E-state index contributed by atoms with van der Waals surface area (Å²) in [6, 6.07) is 12.5. The summed E-state index contributed by atoms with van der Waals surface area (Å²) < 4.78 is 38.5. The first-order valence-corrected chi connectivity index (χ1v) is 8.73. The maximum Gasteiger partial charge on any atom is 0.416 e. The normalized spacial score (nSPS) is 13.7. The molecular weight excluding hydrogens is 361 g/mol. The van der Waals surface area contributed by atoms with Crippen LogP contribution in [0, 0.1) is 0 Å². The number of aromatic nitrogens is 1. The molecule has 7 heteroatoms. The van der Waals surface area contributed by atoms with Crippen molar-refractivity contribution in [3.8, 4) is 0 Å². The number of hydrogen-bond donors (Lipinski definition) is 0. The highest BCUT2D eigenvalue weighted by Crippen LogP contribution is 2.33. The lowest BCUT2D eigenvalue weighted by Crippen LogP contribution is -2.13. The fourth-order valence-electron chi connectivity index (χ4n) is 2.96. The Balaban J connectivity index is 1.56. The number of carbonyl (C=O) groups is 1. The van der Waals surface area contributed by atoms with E-state index < -0.39 is 17.5 Å². The number of fused-ring (bicyclic) bond motifs is 1. The molecule has 0 aliphatic carbocycles. The maximum atomic E-state index is 12.8. The van der Waals surface area contributed by atoms with Crippen molar-refractivity contribution in [1.29, 1.82) is 0 Å².